The number of hydrogen-bond donors (Lipinski definition) is 4. The van der Waals surface area contributed by atoms with Gasteiger partial charge in [0.2, 0.25) is 0 Å². The summed E-state index contributed by atoms with van der Waals surface area (Å²) in [5, 5.41) is 34.3. The first-order valence-corrected chi connectivity index (χ1v) is 9.98. The standard InChI is InChI=1S/C20H24Cl2N4O4/c1-10(15(27)11-4-5-13(21)14(22)8-11)20(2,29)16(28)19(30-3)26-7-6-12-17(23)24-9-25-18(12)26/h4-10,15-16,19,27-29H,1-3H3,(H2,23,24,25)/t10-,15+,16+,19-,20-/m1/s1. The summed E-state index contributed by atoms with van der Waals surface area (Å²) in [6.07, 6.45) is -0.607. The number of ether oxygens (including phenoxy) is 1. The second-order valence-electron chi connectivity index (χ2n) is 7.42. The summed E-state index contributed by atoms with van der Waals surface area (Å²) in [5.41, 5.74) is 5.02. The van der Waals surface area contributed by atoms with Crippen LogP contribution in [0.2, 0.25) is 10.0 Å². The van der Waals surface area contributed by atoms with Gasteiger partial charge in [0.05, 0.1) is 27.1 Å². The topological polar surface area (TPSA) is 127 Å². The van der Waals surface area contributed by atoms with Crippen LogP contribution in [-0.4, -0.2) is 48.7 Å². The number of nitrogens with two attached hydrogens (primary N) is 1. The van der Waals surface area contributed by atoms with Crippen molar-refractivity contribution in [1.82, 2.24) is 14.5 Å². The molecule has 1 aromatic carbocycles. The molecule has 0 fully saturated rings. The van der Waals surface area contributed by atoms with Gasteiger partial charge in [-0.2, -0.15) is 0 Å². The second-order valence-corrected chi connectivity index (χ2v) is 8.24. The molecule has 0 radical (unpaired) electrons. The van der Waals surface area contributed by atoms with E-state index in [1.807, 2.05) is 0 Å². The SMILES string of the molecule is CO[C@H]([C@H](O)[C@](C)(O)[C@H](C)[C@H](O)c1ccc(Cl)c(Cl)c1)n1ccc2c(N)ncnc21. The minimum Gasteiger partial charge on any atom is -0.388 e. The fraction of sp³-hybridized carbons (Fsp3) is 0.400. The minimum atomic E-state index is -1.76. The highest BCUT2D eigenvalue weighted by Gasteiger charge is 2.45. The molecule has 5 atom stereocenters. The Hall–Kier alpha value is -1.94. The molecule has 30 heavy (non-hydrogen) atoms. The number of nitrogen functional groups attached to an aromatic ring is 1. The number of aliphatic hydroxyl groups excluding tert-OH is 2. The number of aliphatic hydroxyl groups is 3. The molecule has 0 amide bonds. The molecular weight excluding hydrogens is 431 g/mol. The molecule has 5 N–H and O–H groups in total. The average molecular weight is 455 g/mol. The number of nitrogens with zero attached hydrogens (tertiary/aromatic N) is 3. The van der Waals surface area contributed by atoms with E-state index < -0.39 is 30.0 Å². The fourth-order valence-corrected chi connectivity index (χ4v) is 3.76. The van der Waals surface area contributed by atoms with Crippen LogP contribution in [0.4, 0.5) is 5.82 Å². The van der Waals surface area contributed by atoms with Gasteiger partial charge in [-0.3, -0.25) is 0 Å². The smallest absolute Gasteiger partial charge is 0.163 e. The largest absolute Gasteiger partial charge is 0.388 e. The first-order valence-electron chi connectivity index (χ1n) is 9.22. The number of benzene rings is 1. The lowest BCUT2D eigenvalue weighted by Gasteiger charge is -2.40. The first-order chi connectivity index (χ1) is 14.1. The second kappa shape index (κ2) is 8.66. The third-order valence-electron chi connectivity index (χ3n) is 5.61. The van der Waals surface area contributed by atoms with E-state index in [0.29, 0.717) is 27.4 Å². The molecule has 0 saturated carbocycles. The molecule has 0 bridgehead atoms. The van der Waals surface area contributed by atoms with Crippen molar-refractivity contribution in [2.24, 2.45) is 5.92 Å². The highest BCUT2D eigenvalue weighted by atomic mass is 35.5. The van der Waals surface area contributed by atoms with Crippen molar-refractivity contribution in [3.63, 3.8) is 0 Å². The van der Waals surface area contributed by atoms with E-state index in [2.05, 4.69) is 9.97 Å². The zero-order chi connectivity index (χ0) is 22.2. The van der Waals surface area contributed by atoms with Gasteiger partial charge >= 0.3 is 0 Å². The summed E-state index contributed by atoms with van der Waals surface area (Å²) in [6.45, 7) is 3.06. The highest BCUT2D eigenvalue weighted by molar-refractivity contribution is 6.42. The van der Waals surface area contributed by atoms with E-state index in [0.717, 1.165) is 0 Å². The van der Waals surface area contributed by atoms with Crippen molar-refractivity contribution in [3.8, 4) is 0 Å². The van der Waals surface area contributed by atoms with Gasteiger partial charge in [-0.1, -0.05) is 36.2 Å². The van der Waals surface area contributed by atoms with Gasteiger partial charge in [-0.25, -0.2) is 9.97 Å². The molecule has 0 unspecified atom stereocenters. The van der Waals surface area contributed by atoms with Crippen LogP contribution in [0.1, 0.15) is 31.7 Å². The van der Waals surface area contributed by atoms with Gasteiger partial charge in [0.25, 0.3) is 0 Å². The van der Waals surface area contributed by atoms with Crippen molar-refractivity contribution < 1.29 is 20.1 Å². The van der Waals surface area contributed by atoms with Crippen molar-refractivity contribution in [3.05, 3.63) is 52.4 Å². The maximum Gasteiger partial charge on any atom is 0.163 e. The third kappa shape index (κ3) is 3.99. The van der Waals surface area contributed by atoms with E-state index in [1.165, 1.54) is 26.4 Å². The zero-order valence-electron chi connectivity index (χ0n) is 16.7. The van der Waals surface area contributed by atoms with Crippen LogP contribution in [0.5, 0.6) is 0 Å². The molecule has 0 aliphatic heterocycles. The van der Waals surface area contributed by atoms with Crippen molar-refractivity contribution in [2.45, 2.75) is 37.9 Å². The van der Waals surface area contributed by atoms with Gasteiger partial charge < -0.3 is 30.4 Å². The maximum absolute atomic E-state index is 11.2. The molecular formula is C20H24Cl2N4O4. The lowest BCUT2D eigenvalue weighted by molar-refractivity contribution is -0.184. The number of rotatable bonds is 7. The maximum atomic E-state index is 11.2. The quantitative estimate of drug-likeness (QED) is 0.432. The van der Waals surface area contributed by atoms with E-state index in [1.54, 1.807) is 35.9 Å². The van der Waals surface area contributed by atoms with Crippen molar-refractivity contribution >= 4 is 40.1 Å². The van der Waals surface area contributed by atoms with Crippen LogP contribution in [0, 0.1) is 5.92 Å². The Morgan fingerprint density at radius 1 is 1.17 bits per heavy atom. The van der Waals surface area contributed by atoms with Gasteiger partial charge in [-0.15, -0.1) is 0 Å². The predicted octanol–water partition coefficient (Wildman–Crippen LogP) is 2.95. The average Bonchev–Trinajstić information content (AvgIpc) is 3.14. The summed E-state index contributed by atoms with van der Waals surface area (Å²) in [4.78, 5) is 8.15. The first kappa shape index (κ1) is 22.7. The van der Waals surface area contributed by atoms with E-state index in [-0.39, 0.29) is 5.02 Å². The van der Waals surface area contributed by atoms with E-state index in [4.69, 9.17) is 33.7 Å². The number of anilines is 1. The molecule has 0 aliphatic rings. The minimum absolute atomic E-state index is 0.284. The highest BCUT2D eigenvalue weighted by Crippen LogP contribution is 2.38. The molecule has 2 heterocycles. The molecule has 162 valence electrons. The zero-order valence-corrected chi connectivity index (χ0v) is 18.2. The van der Waals surface area contributed by atoms with Crippen LogP contribution in [0.15, 0.2) is 36.8 Å². The Bertz CT molecular complexity index is 1040. The summed E-state index contributed by atoms with van der Waals surface area (Å²) in [6, 6.07) is 6.41. The number of hydrogen-bond acceptors (Lipinski definition) is 7. The molecule has 0 saturated heterocycles. The lowest BCUT2D eigenvalue weighted by Crippen LogP contribution is -2.51. The fourth-order valence-electron chi connectivity index (χ4n) is 3.45. The van der Waals surface area contributed by atoms with Gasteiger partial charge in [-0.05, 0) is 30.7 Å². The molecule has 10 heteroatoms. The number of fused-ring (bicyclic) bond motifs is 1. The molecule has 3 aromatic rings. The van der Waals surface area contributed by atoms with Crippen LogP contribution in [0.3, 0.4) is 0 Å². The Balaban J connectivity index is 1.92. The Labute approximate surface area is 183 Å². The predicted molar refractivity (Wildman–Crippen MR) is 115 cm³/mol. The normalized spacial score (nSPS) is 18.0. The number of halogens is 2. The molecule has 2 aromatic heterocycles. The Kier molecular flexibility index (Phi) is 6.57. The van der Waals surface area contributed by atoms with Crippen molar-refractivity contribution in [2.75, 3.05) is 12.8 Å². The molecule has 8 nitrogen and oxygen atoms in total. The third-order valence-corrected chi connectivity index (χ3v) is 6.34. The summed E-state index contributed by atoms with van der Waals surface area (Å²) in [5.74, 6) is -0.512. The van der Waals surface area contributed by atoms with Crippen LogP contribution < -0.4 is 5.73 Å². The van der Waals surface area contributed by atoms with Gasteiger partial charge in [0.1, 0.15) is 23.9 Å². The lowest BCUT2D eigenvalue weighted by atomic mass is 9.79. The van der Waals surface area contributed by atoms with E-state index >= 15 is 0 Å². The van der Waals surface area contributed by atoms with Gasteiger partial charge in [0, 0.05) is 19.2 Å². The Morgan fingerprint density at radius 3 is 2.50 bits per heavy atom. The number of methoxy groups -OCH3 is 1. The monoisotopic (exact) mass is 454 g/mol. The molecule has 0 aliphatic carbocycles. The summed E-state index contributed by atoms with van der Waals surface area (Å²) < 4.78 is 7.05. The Morgan fingerprint density at radius 2 is 1.87 bits per heavy atom. The van der Waals surface area contributed by atoms with E-state index in [9.17, 15) is 15.3 Å². The van der Waals surface area contributed by atoms with Crippen molar-refractivity contribution in [1.29, 1.82) is 0 Å². The van der Waals surface area contributed by atoms with Gasteiger partial charge in [0.15, 0.2) is 6.23 Å². The van der Waals surface area contributed by atoms with Crippen LogP contribution in [0.25, 0.3) is 11.0 Å². The molecule has 0 spiro atoms. The molecule has 3 rings (SSSR count). The van der Waals surface area contributed by atoms with Crippen LogP contribution >= 0.6 is 23.2 Å². The number of aromatic nitrogens is 3. The van der Waals surface area contributed by atoms with Crippen LogP contribution in [-0.2, 0) is 4.74 Å². The summed E-state index contributed by atoms with van der Waals surface area (Å²) >= 11 is 12.0. The summed E-state index contributed by atoms with van der Waals surface area (Å²) in [7, 11) is 1.40.